The van der Waals surface area contributed by atoms with Gasteiger partial charge in [-0.05, 0) is 49.2 Å². The van der Waals surface area contributed by atoms with Gasteiger partial charge < -0.3 is 9.64 Å². The van der Waals surface area contributed by atoms with Crippen molar-refractivity contribution < 1.29 is 9.53 Å². The maximum absolute atomic E-state index is 12.5. The molecule has 1 heterocycles. The fourth-order valence-corrected chi connectivity index (χ4v) is 2.82. The number of hydrogen-bond acceptors (Lipinski definition) is 4. The van der Waals surface area contributed by atoms with E-state index in [1.54, 1.807) is 15.9 Å². The van der Waals surface area contributed by atoms with Crippen molar-refractivity contribution in [3.8, 4) is 11.4 Å². The summed E-state index contributed by atoms with van der Waals surface area (Å²) >= 11 is 0. The first kappa shape index (κ1) is 18.6. The second-order valence-corrected chi connectivity index (χ2v) is 6.53. The number of aromatic nitrogens is 3. The summed E-state index contributed by atoms with van der Waals surface area (Å²) in [4.78, 5) is 18.2. The summed E-state index contributed by atoms with van der Waals surface area (Å²) in [6.07, 6.45) is 3.50. The third-order valence-electron chi connectivity index (χ3n) is 4.61. The van der Waals surface area contributed by atoms with Crippen LogP contribution in [0.15, 0.2) is 61.2 Å². The summed E-state index contributed by atoms with van der Waals surface area (Å²) in [5, 5.41) is 4.12. The predicted molar refractivity (Wildman–Crippen MR) is 104 cm³/mol. The van der Waals surface area contributed by atoms with Crippen molar-refractivity contribution >= 4 is 5.91 Å². The summed E-state index contributed by atoms with van der Waals surface area (Å²) in [6.45, 7) is 4.40. The molecule has 0 spiro atoms. The van der Waals surface area contributed by atoms with Crippen LogP contribution in [0.4, 0.5) is 0 Å². The Labute approximate surface area is 159 Å². The van der Waals surface area contributed by atoms with Gasteiger partial charge in [-0.25, -0.2) is 9.67 Å². The number of ether oxygens (including phenoxy) is 1. The molecule has 3 rings (SSSR count). The highest BCUT2D eigenvalue weighted by molar-refractivity contribution is 5.76. The molecule has 0 unspecified atom stereocenters. The van der Waals surface area contributed by atoms with Crippen LogP contribution in [-0.2, 0) is 4.79 Å². The fourth-order valence-electron chi connectivity index (χ4n) is 2.82. The first-order chi connectivity index (χ1) is 13.0. The second-order valence-electron chi connectivity index (χ2n) is 6.53. The molecule has 0 saturated heterocycles. The number of hydrogen-bond donors (Lipinski definition) is 0. The van der Waals surface area contributed by atoms with Gasteiger partial charge in [-0.2, -0.15) is 5.10 Å². The molecule has 6 heteroatoms. The highest BCUT2D eigenvalue weighted by Gasteiger charge is 2.17. The van der Waals surface area contributed by atoms with E-state index in [1.165, 1.54) is 6.33 Å². The third kappa shape index (κ3) is 4.73. The summed E-state index contributed by atoms with van der Waals surface area (Å²) < 4.78 is 7.39. The van der Waals surface area contributed by atoms with Gasteiger partial charge in [0.05, 0.1) is 24.8 Å². The van der Waals surface area contributed by atoms with Crippen molar-refractivity contribution in [1.29, 1.82) is 0 Å². The highest BCUT2D eigenvalue weighted by Crippen LogP contribution is 2.21. The van der Waals surface area contributed by atoms with Crippen LogP contribution in [0.1, 0.15) is 30.5 Å². The molecule has 1 amide bonds. The Morgan fingerprint density at radius 3 is 2.67 bits per heavy atom. The lowest BCUT2D eigenvalue weighted by molar-refractivity contribution is -0.132. The molecule has 0 aliphatic carbocycles. The second kappa shape index (κ2) is 8.49. The predicted octanol–water partition coefficient (Wildman–Crippen LogP) is 3.56. The van der Waals surface area contributed by atoms with Crippen LogP contribution in [0.5, 0.6) is 5.75 Å². The maximum atomic E-state index is 12.5. The van der Waals surface area contributed by atoms with Gasteiger partial charge in [0.15, 0.2) is 0 Å². The van der Waals surface area contributed by atoms with E-state index in [1.807, 2.05) is 69.4 Å². The summed E-state index contributed by atoms with van der Waals surface area (Å²) in [7, 11) is 1.82. The molecule has 140 valence electrons. The van der Waals surface area contributed by atoms with Crippen LogP contribution in [0, 0.1) is 6.92 Å². The van der Waals surface area contributed by atoms with Crippen LogP contribution in [-0.4, -0.2) is 39.2 Å². The van der Waals surface area contributed by atoms with Crippen molar-refractivity contribution in [3.63, 3.8) is 0 Å². The number of carbonyl (C=O) groups is 1. The number of benzene rings is 2. The quantitative estimate of drug-likeness (QED) is 0.643. The Morgan fingerprint density at radius 1 is 1.22 bits per heavy atom. The molecular formula is C21H24N4O2. The molecule has 0 aliphatic rings. The minimum Gasteiger partial charge on any atom is -0.493 e. The molecule has 2 aromatic carbocycles. The van der Waals surface area contributed by atoms with Gasteiger partial charge >= 0.3 is 0 Å². The molecule has 0 fully saturated rings. The normalized spacial score (nSPS) is 11.8. The monoisotopic (exact) mass is 364 g/mol. The van der Waals surface area contributed by atoms with E-state index < -0.39 is 0 Å². The Kier molecular flexibility index (Phi) is 5.86. The minimum atomic E-state index is -0.0266. The topological polar surface area (TPSA) is 60.2 Å². The highest BCUT2D eigenvalue weighted by atomic mass is 16.5. The van der Waals surface area contributed by atoms with Crippen molar-refractivity contribution in [3.05, 3.63) is 72.3 Å². The molecule has 0 radical (unpaired) electrons. The van der Waals surface area contributed by atoms with Gasteiger partial charge in [-0.3, -0.25) is 4.79 Å². The van der Waals surface area contributed by atoms with Gasteiger partial charge in [-0.1, -0.05) is 24.3 Å². The van der Waals surface area contributed by atoms with Gasteiger partial charge in [0.2, 0.25) is 5.91 Å². The number of amides is 1. The van der Waals surface area contributed by atoms with E-state index in [0.29, 0.717) is 13.0 Å². The van der Waals surface area contributed by atoms with E-state index in [-0.39, 0.29) is 11.9 Å². The number of carbonyl (C=O) groups excluding carboxylic acids is 1. The van der Waals surface area contributed by atoms with E-state index in [4.69, 9.17) is 4.74 Å². The van der Waals surface area contributed by atoms with Crippen LogP contribution in [0.25, 0.3) is 5.69 Å². The van der Waals surface area contributed by atoms with Gasteiger partial charge in [-0.15, -0.1) is 0 Å². The minimum absolute atomic E-state index is 0.0266. The lowest BCUT2D eigenvalue weighted by Gasteiger charge is -2.25. The summed E-state index contributed by atoms with van der Waals surface area (Å²) in [5.41, 5.74) is 3.14. The van der Waals surface area contributed by atoms with Crippen molar-refractivity contribution in [2.75, 3.05) is 13.7 Å². The molecule has 1 aromatic heterocycles. The average molecular weight is 364 g/mol. The maximum Gasteiger partial charge on any atom is 0.226 e. The first-order valence-electron chi connectivity index (χ1n) is 8.94. The average Bonchev–Trinajstić information content (AvgIpc) is 3.22. The van der Waals surface area contributed by atoms with Crippen LogP contribution in [0.3, 0.4) is 0 Å². The van der Waals surface area contributed by atoms with Crippen LogP contribution < -0.4 is 4.74 Å². The number of aryl methyl sites for hydroxylation is 1. The summed E-state index contributed by atoms with van der Waals surface area (Å²) in [6, 6.07) is 15.8. The van der Waals surface area contributed by atoms with Gasteiger partial charge in [0.25, 0.3) is 0 Å². The first-order valence-corrected chi connectivity index (χ1v) is 8.94. The smallest absolute Gasteiger partial charge is 0.226 e. The SMILES string of the molecule is Cc1cccc(OCCC(=O)N(C)[C@@H](C)c2ccc(-n3cncn3)cc2)c1. The van der Waals surface area contributed by atoms with Crippen molar-refractivity contribution in [1.82, 2.24) is 19.7 Å². The lowest BCUT2D eigenvalue weighted by atomic mass is 10.1. The van der Waals surface area contributed by atoms with Crippen molar-refractivity contribution in [2.24, 2.45) is 0 Å². The largest absolute Gasteiger partial charge is 0.493 e. The fraction of sp³-hybridized carbons (Fsp3) is 0.286. The molecular weight excluding hydrogens is 340 g/mol. The molecule has 3 aromatic rings. The molecule has 1 atom stereocenters. The van der Waals surface area contributed by atoms with Crippen molar-refractivity contribution in [2.45, 2.75) is 26.3 Å². The Balaban J connectivity index is 1.54. The van der Waals surface area contributed by atoms with E-state index >= 15 is 0 Å². The third-order valence-corrected chi connectivity index (χ3v) is 4.61. The zero-order chi connectivity index (χ0) is 19.2. The zero-order valence-corrected chi connectivity index (χ0v) is 15.9. The molecule has 0 bridgehead atoms. The Bertz CT molecular complexity index is 875. The van der Waals surface area contributed by atoms with E-state index in [0.717, 1.165) is 22.6 Å². The number of rotatable bonds is 7. The van der Waals surface area contributed by atoms with Crippen LogP contribution in [0.2, 0.25) is 0 Å². The molecule has 0 aliphatic heterocycles. The Hall–Kier alpha value is -3.15. The number of nitrogens with zero attached hydrogens (tertiary/aromatic N) is 4. The van der Waals surface area contributed by atoms with E-state index in [9.17, 15) is 4.79 Å². The molecule has 6 nitrogen and oxygen atoms in total. The van der Waals surface area contributed by atoms with E-state index in [2.05, 4.69) is 10.1 Å². The molecule has 0 saturated carbocycles. The summed E-state index contributed by atoms with van der Waals surface area (Å²) in [5.74, 6) is 0.845. The molecule has 27 heavy (non-hydrogen) atoms. The Morgan fingerprint density at radius 2 is 2.00 bits per heavy atom. The lowest BCUT2D eigenvalue weighted by Crippen LogP contribution is -2.30. The van der Waals surface area contributed by atoms with Crippen LogP contribution >= 0.6 is 0 Å². The standard InChI is InChI=1S/C21H24N4O2/c1-16-5-4-6-20(13-16)27-12-11-21(26)24(3)17(2)18-7-9-19(10-8-18)25-15-22-14-23-25/h4-10,13-15,17H,11-12H2,1-3H3/t17-/m0/s1. The van der Waals surface area contributed by atoms with Gasteiger partial charge in [0, 0.05) is 7.05 Å². The zero-order valence-electron chi connectivity index (χ0n) is 15.9. The van der Waals surface area contributed by atoms with Gasteiger partial charge in [0.1, 0.15) is 18.4 Å². The molecule has 0 N–H and O–H groups in total.